The summed E-state index contributed by atoms with van der Waals surface area (Å²) in [4.78, 5) is 12.5. The molecule has 0 amide bonds. The molecule has 1 heterocycles. The van der Waals surface area contributed by atoms with Gasteiger partial charge in [0, 0.05) is 17.2 Å². The van der Waals surface area contributed by atoms with Gasteiger partial charge >= 0.3 is 0 Å². The Morgan fingerprint density at radius 2 is 1.76 bits per heavy atom. The Hall–Kier alpha value is -2.07. The van der Waals surface area contributed by atoms with E-state index in [9.17, 15) is 9.18 Å². The Labute approximate surface area is 126 Å². The molecule has 3 nitrogen and oxygen atoms in total. The maximum atomic E-state index is 13.4. The summed E-state index contributed by atoms with van der Waals surface area (Å²) in [5.74, 6) is 0.187. The number of hydrogen-bond acceptors (Lipinski definition) is 3. The molecular formula is C16H12ClFO3. The molecule has 3 rings (SSSR count). The zero-order chi connectivity index (χ0) is 15.0. The summed E-state index contributed by atoms with van der Waals surface area (Å²) in [6.45, 7) is 2.59. The van der Waals surface area contributed by atoms with E-state index in [0.717, 1.165) is 0 Å². The van der Waals surface area contributed by atoms with E-state index in [1.54, 1.807) is 25.1 Å². The lowest BCUT2D eigenvalue weighted by Crippen LogP contribution is -2.16. The number of carbonyl (C=O) groups is 1. The molecule has 0 aromatic heterocycles. The molecule has 0 saturated heterocycles. The SMILES string of the molecule is Cc1cc(F)cc(C(=O)c2cc3c(cc2Cl)OCCO3)c1. The summed E-state index contributed by atoms with van der Waals surface area (Å²) in [6, 6.07) is 7.28. The number of carbonyl (C=O) groups excluding carboxylic acids is 1. The number of benzene rings is 2. The molecule has 1 aliphatic heterocycles. The maximum Gasteiger partial charge on any atom is 0.194 e. The Morgan fingerprint density at radius 3 is 2.43 bits per heavy atom. The first-order valence-corrected chi connectivity index (χ1v) is 6.83. The highest BCUT2D eigenvalue weighted by molar-refractivity contribution is 6.35. The van der Waals surface area contributed by atoms with E-state index in [1.807, 2.05) is 0 Å². The normalized spacial score (nSPS) is 13.1. The topological polar surface area (TPSA) is 35.5 Å². The summed E-state index contributed by atoms with van der Waals surface area (Å²) in [7, 11) is 0. The van der Waals surface area contributed by atoms with Crippen molar-refractivity contribution in [3.05, 3.63) is 57.9 Å². The quantitative estimate of drug-likeness (QED) is 0.792. The monoisotopic (exact) mass is 306 g/mol. The minimum absolute atomic E-state index is 0.256. The summed E-state index contributed by atoms with van der Waals surface area (Å²) in [6.07, 6.45) is 0. The van der Waals surface area contributed by atoms with Gasteiger partial charge in [-0.15, -0.1) is 0 Å². The van der Waals surface area contributed by atoms with Crippen molar-refractivity contribution in [3.8, 4) is 11.5 Å². The molecule has 2 aromatic carbocycles. The average molecular weight is 307 g/mol. The predicted molar refractivity (Wildman–Crippen MR) is 77.0 cm³/mol. The lowest BCUT2D eigenvalue weighted by molar-refractivity contribution is 0.103. The molecule has 0 bridgehead atoms. The third-order valence-electron chi connectivity index (χ3n) is 3.18. The second-order valence-corrected chi connectivity index (χ2v) is 5.23. The fraction of sp³-hybridized carbons (Fsp3) is 0.188. The molecular weight excluding hydrogens is 295 g/mol. The van der Waals surface area contributed by atoms with Crippen molar-refractivity contribution in [2.75, 3.05) is 13.2 Å². The van der Waals surface area contributed by atoms with E-state index in [0.29, 0.717) is 30.3 Å². The van der Waals surface area contributed by atoms with Crippen LogP contribution < -0.4 is 9.47 Å². The Kier molecular flexibility index (Phi) is 3.55. The fourth-order valence-electron chi connectivity index (χ4n) is 2.26. The third kappa shape index (κ3) is 2.72. The molecule has 0 N–H and O–H groups in total. The predicted octanol–water partition coefficient (Wildman–Crippen LogP) is 3.79. The minimum atomic E-state index is -0.452. The standard InChI is InChI=1S/C16H12ClFO3/c1-9-4-10(6-11(18)5-9)16(19)12-7-14-15(8-13(12)17)21-3-2-20-14/h4-8H,2-3H2,1H3. The lowest BCUT2D eigenvalue weighted by Gasteiger charge is -2.19. The van der Waals surface area contributed by atoms with Crippen LogP contribution in [0.5, 0.6) is 11.5 Å². The van der Waals surface area contributed by atoms with Gasteiger partial charge < -0.3 is 9.47 Å². The molecule has 0 atom stereocenters. The van der Waals surface area contributed by atoms with Crippen LogP contribution in [0.1, 0.15) is 21.5 Å². The number of halogens is 2. The van der Waals surface area contributed by atoms with Crippen LogP contribution in [0.25, 0.3) is 0 Å². The van der Waals surface area contributed by atoms with Crippen LogP contribution in [0.4, 0.5) is 4.39 Å². The van der Waals surface area contributed by atoms with Gasteiger partial charge in [0.15, 0.2) is 17.3 Å². The van der Waals surface area contributed by atoms with Gasteiger partial charge in [-0.3, -0.25) is 4.79 Å². The molecule has 108 valence electrons. The van der Waals surface area contributed by atoms with Crippen molar-refractivity contribution in [2.45, 2.75) is 6.92 Å². The van der Waals surface area contributed by atoms with Crippen molar-refractivity contribution in [2.24, 2.45) is 0 Å². The highest BCUT2D eigenvalue weighted by Gasteiger charge is 2.20. The summed E-state index contributed by atoms with van der Waals surface area (Å²) in [5.41, 5.74) is 1.20. The van der Waals surface area contributed by atoms with Gasteiger partial charge in [-0.1, -0.05) is 11.6 Å². The van der Waals surface area contributed by atoms with Gasteiger partial charge in [-0.2, -0.15) is 0 Å². The van der Waals surface area contributed by atoms with Gasteiger partial charge in [0.1, 0.15) is 19.0 Å². The molecule has 1 aliphatic rings. The Bertz CT molecular complexity index is 707. The zero-order valence-electron chi connectivity index (χ0n) is 11.3. The largest absolute Gasteiger partial charge is 0.486 e. The molecule has 0 fully saturated rings. The minimum Gasteiger partial charge on any atom is -0.486 e. The first kappa shape index (κ1) is 13.9. The second-order valence-electron chi connectivity index (χ2n) is 4.82. The first-order valence-electron chi connectivity index (χ1n) is 6.45. The number of rotatable bonds is 2. The highest BCUT2D eigenvalue weighted by atomic mass is 35.5. The number of hydrogen-bond donors (Lipinski definition) is 0. The molecule has 0 aliphatic carbocycles. The van der Waals surface area contributed by atoms with E-state index < -0.39 is 5.82 Å². The number of aryl methyl sites for hydroxylation is 1. The fourth-order valence-corrected chi connectivity index (χ4v) is 2.50. The molecule has 2 aromatic rings. The molecule has 0 unspecified atom stereocenters. The van der Waals surface area contributed by atoms with E-state index in [1.165, 1.54) is 12.1 Å². The molecule has 0 saturated carbocycles. The molecule has 0 radical (unpaired) electrons. The van der Waals surface area contributed by atoms with Crippen LogP contribution >= 0.6 is 11.6 Å². The third-order valence-corrected chi connectivity index (χ3v) is 3.49. The maximum absolute atomic E-state index is 13.4. The summed E-state index contributed by atoms with van der Waals surface area (Å²) >= 11 is 6.14. The second kappa shape index (κ2) is 5.37. The van der Waals surface area contributed by atoms with Gasteiger partial charge in [0.2, 0.25) is 0 Å². The van der Waals surface area contributed by atoms with Crippen molar-refractivity contribution >= 4 is 17.4 Å². The van der Waals surface area contributed by atoms with Crippen molar-refractivity contribution in [1.82, 2.24) is 0 Å². The van der Waals surface area contributed by atoms with E-state index >= 15 is 0 Å². The van der Waals surface area contributed by atoms with Crippen LogP contribution in [0.3, 0.4) is 0 Å². The van der Waals surface area contributed by atoms with Crippen LogP contribution in [0.15, 0.2) is 30.3 Å². The van der Waals surface area contributed by atoms with Gasteiger partial charge in [0.25, 0.3) is 0 Å². The smallest absolute Gasteiger partial charge is 0.194 e. The number of fused-ring (bicyclic) bond motifs is 1. The number of ether oxygens (including phenoxy) is 2. The van der Waals surface area contributed by atoms with E-state index in [2.05, 4.69) is 0 Å². The van der Waals surface area contributed by atoms with Gasteiger partial charge in [-0.25, -0.2) is 4.39 Å². The Morgan fingerprint density at radius 1 is 1.10 bits per heavy atom. The number of ketones is 1. The zero-order valence-corrected chi connectivity index (χ0v) is 12.0. The van der Waals surface area contributed by atoms with Crippen molar-refractivity contribution in [3.63, 3.8) is 0 Å². The van der Waals surface area contributed by atoms with Crippen molar-refractivity contribution in [1.29, 1.82) is 0 Å². The lowest BCUT2D eigenvalue weighted by atomic mass is 10.0. The highest BCUT2D eigenvalue weighted by Crippen LogP contribution is 2.36. The van der Waals surface area contributed by atoms with E-state index in [4.69, 9.17) is 21.1 Å². The van der Waals surface area contributed by atoms with Crippen LogP contribution in [0.2, 0.25) is 5.02 Å². The first-order chi connectivity index (χ1) is 10.0. The average Bonchev–Trinajstić information content (AvgIpc) is 2.44. The van der Waals surface area contributed by atoms with Gasteiger partial charge in [-0.05, 0) is 36.8 Å². The molecule has 0 spiro atoms. The van der Waals surface area contributed by atoms with Crippen LogP contribution in [-0.2, 0) is 0 Å². The van der Waals surface area contributed by atoms with Crippen LogP contribution in [0, 0.1) is 12.7 Å². The Balaban J connectivity index is 2.05. The molecule has 5 heteroatoms. The summed E-state index contributed by atoms with van der Waals surface area (Å²) < 4.78 is 24.3. The molecule has 21 heavy (non-hydrogen) atoms. The van der Waals surface area contributed by atoms with Gasteiger partial charge in [0.05, 0.1) is 5.02 Å². The van der Waals surface area contributed by atoms with E-state index in [-0.39, 0.29) is 21.9 Å². The summed E-state index contributed by atoms with van der Waals surface area (Å²) in [5, 5.41) is 0.256. The van der Waals surface area contributed by atoms with Crippen molar-refractivity contribution < 1.29 is 18.7 Å². The van der Waals surface area contributed by atoms with Crippen LogP contribution in [-0.4, -0.2) is 19.0 Å².